The molecular weight excluding hydrogens is 334 g/mol. The second-order valence-electron chi connectivity index (χ2n) is 12.0. The SMILES string of the molecule is C[C@H]1CC2C3CC[C@H]4N(C)C(=O)CCC4(C)[C@@]3(C)CCC2(C)[C@H]1C(C)(C)O. The third-order valence-electron chi connectivity index (χ3n) is 10.5. The number of aliphatic hydroxyl groups is 1. The molecule has 0 spiro atoms. The summed E-state index contributed by atoms with van der Waals surface area (Å²) in [6.07, 6.45) is 7.93. The lowest BCUT2D eigenvalue weighted by atomic mass is 9.40. The summed E-state index contributed by atoms with van der Waals surface area (Å²) >= 11 is 0. The van der Waals surface area contributed by atoms with Crippen LogP contribution in [0.5, 0.6) is 0 Å². The summed E-state index contributed by atoms with van der Waals surface area (Å²) in [5.41, 5.74) is 0.190. The van der Waals surface area contributed by atoms with Crippen molar-refractivity contribution in [1.82, 2.24) is 4.90 Å². The van der Waals surface area contributed by atoms with E-state index in [-0.39, 0.29) is 10.8 Å². The van der Waals surface area contributed by atoms with Gasteiger partial charge in [-0.2, -0.15) is 0 Å². The molecule has 8 atom stereocenters. The topological polar surface area (TPSA) is 40.5 Å². The van der Waals surface area contributed by atoms with Crippen molar-refractivity contribution >= 4 is 5.91 Å². The number of rotatable bonds is 1. The summed E-state index contributed by atoms with van der Waals surface area (Å²) in [4.78, 5) is 14.5. The van der Waals surface area contributed by atoms with Gasteiger partial charge >= 0.3 is 0 Å². The third-order valence-corrected chi connectivity index (χ3v) is 10.5. The quantitative estimate of drug-likeness (QED) is 0.710. The van der Waals surface area contributed by atoms with Crippen LogP contribution in [-0.2, 0) is 4.79 Å². The van der Waals surface area contributed by atoms with Gasteiger partial charge in [-0.05, 0) is 92.3 Å². The minimum atomic E-state index is -0.602. The summed E-state index contributed by atoms with van der Waals surface area (Å²) < 4.78 is 0. The van der Waals surface area contributed by atoms with E-state index in [1.807, 2.05) is 20.9 Å². The molecule has 1 heterocycles. The van der Waals surface area contributed by atoms with Crippen molar-refractivity contribution in [2.24, 2.45) is 39.9 Å². The van der Waals surface area contributed by atoms with Crippen molar-refractivity contribution in [3.8, 4) is 0 Å². The Kier molecular flexibility index (Phi) is 4.19. The second kappa shape index (κ2) is 5.74. The highest BCUT2D eigenvalue weighted by Gasteiger charge is 2.68. The summed E-state index contributed by atoms with van der Waals surface area (Å²) in [5, 5.41) is 11.0. The van der Waals surface area contributed by atoms with Gasteiger partial charge in [-0.1, -0.05) is 27.7 Å². The van der Waals surface area contributed by atoms with Gasteiger partial charge in [-0.3, -0.25) is 4.79 Å². The molecule has 0 radical (unpaired) electrons. The van der Waals surface area contributed by atoms with Crippen molar-refractivity contribution in [2.75, 3.05) is 7.05 Å². The molecule has 1 saturated heterocycles. The van der Waals surface area contributed by atoms with Gasteiger partial charge in [0.05, 0.1) is 5.60 Å². The predicted octanol–water partition coefficient (Wildman–Crippen LogP) is 4.87. The molecule has 3 saturated carbocycles. The van der Waals surface area contributed by atoms with Gasteiger partial charge in [-0.15, -0.1) is 0 Å². The Morgan fingerprint density at radius 3 is 2.33 bits per heavy atom. The molecule has 3 aliphatic carbocycles. The lowest BCUT2D eigenvalue weighted by Crippen LogP contribution is -2.66. The minimum absolute atomic E-state index is 0.232. The zero-order chi connectivity index (χ0) is 20.0. The lowest BCUT2D eigenvalue weighted by molar-refractivity contribution is -0.194. The lowest BCUT2D eigenvalue weighted by Gasteiger charge is -2.67. The highest BCUT2D eigenvalue weighted by atomic mass is 16.3. The summed E-state index contributed by atoms with van der Waals surface area (Å²) in [5.74, 6) is 2.76. The first-order valence-electron chi connectivity index (χ1n) is 11.3. The number of carbonyl (C=O) groups excluding carboxylic acids is 1. The molecule has 0 bridgehead atoms. The molecule has 0 aromatic rings. The predicted molar refractivity (Wildman–Crippen MR) is 109 cm³/mol. The van der Waals surface area contributed by atoms with Crippen molar-refractivity contribution in [2.45, 2.75) is 98.1 Å². The number of nitrogens with zero attached hydrogens (tertiary/aromatic N) is 1. The summed E-state index contributed by atoms with van der Waals surface area (Å²) in [6, 6.07) is 0.410. The number of fused-ring (bicyclic) bond motifs is 5. The van der Waals surface area contributed by atoms with Gasteiger partial charge in [0.15, 0.2) is 0 Å². The molecule has 4 aliphatic rings. The van der Waals surface area contributed by atoms with Gasteiger partial charge in [0.25, 0.3) is 0 Å². The van der Waals surface area contributed by atoms with Crippen molar-refractivity contribution in [3.63, 3.8) is 0 Å². The number of carbonyl (C=O) groups is 1. The highest BCUT2D eigenvalue weighted by molar-refractivity contribution is 5.77. The number of hydrogen-bond acceptors (Lipinski definition) is 2. The monoisotopic (exact) mass is 375 g/mol. The molecule has 4 unspecified atom stereocenters. The van der Waals surface area contributed by atoms with E-state index in [1.54, 1.807) is 0 Å². The van der Waals surface area contributed by atoms with Crippen LogP contribution in [-0.4, -0.2) is 34.6 Å². The molecule has 1 amide bonds. The van der Waals surface area contributed by atoms with Crippen LogP contribution in [0.4, 0.5) is 0 Å². The van der Waals surface area contributed by atoms with Gasteiger partial charge in [0.2, 0.25) is 5.91 Å². The Hall–Kier alpha value is -0.570. The van der Waals surface area contributed by atoms with Gasteiger partial charge < -0.3 is 10.0 Å². The molecule has 1 aliphatic heterocycles. The molecule has 27 heavy (non-hydrogen) atoms. The largest absolute Gasteiger partial charge is 0.390 e. The summed E-state index contributed by atoms with van der Waals surface area (Å²) in [6.45, 7) is 14.0. The Morgan fingerprint density at radius 1 is 1.04 bits per heavy atom. The van der Waals surface area contributed by atoms with Crippen LogP contribution < -0.4 is 0 Å². The molecule has 4 fully saturated rings. The fraction of sp³-hybridized carbons (Fsp3) is 0.958. The molecule has 4 rings (SSSR count). The maximum atomic E-state index is 12.4. The number of amides is 1. The standard InChI is InChI=1S/C24H41NO2/c1-15-14-17-16-8-9-18-24(6,11-10-19(26)25(18)7)23(16,5)13-12-22(17,4)20(15)21(2,3)27/h15-18,20,27H,8-14H2,1-7H3/t15-,16?,17?,18+,20+,22?,23-,24?/m0/s1. The fourth-order valence-electron chi connectivity index (χ4n) is 9.37. The van der Waals surface area contributed by atoms with E-state index in [0.717, 1.165) is 25.2 Å². The molecule has 154 valence electrons. The Morgan fingerprint density at radius 2 is 1.70 bits per heavy atom. The van der Waals surface area contributed by atoms with Crippen LogP contribution in [0.2, 0.25) is 0 Å². The molecule has 3 nitrogen and oxygen atoms in total. The maximum absolute atomic E-state index is 12.4. The average molecular weight is 376 g/mol. The van der Waals surface area contributed by atoms with Crippen molar-refractivity contribution in [3.05, 3.63) is 0 Å². The first-order chi connectivity index (χ1) is 12.4. The first-order valence-corrected chi connectivity index (χ1v) is 11.3. The molecule has 1 N–H and O–H groups in total. The highest BCUT2D eigenvalue weighted by Crippen LogP contribution is 2.72. The van der Waals surface area contributed by atoms with Crippen LogP contribution in [0.25, 0.3) is 0 Å². The van der Waals surface area contributed by atoms with E-state index in [0.29, 0.717) is 35.1 Å². The molecular formula is C24H41NO2. The number of hydrogen-bond donors (Lipinski definition) is 1. The van der Waals surface area contributed by atoms with E-state index in [9.17, 15) is 9.90 Å². The zero-order valence-electron chi connectivity index (χ0n) is 18.6. The van der Waals surface area contributed by atoms with Gasteiger partial charge in [0.1, 0.15) is 0 Å². The van der Waals surface area contributed by atoms with E-state index in [2.05, 4.69) is 32.6 Å². The Bertz CT molecular complexity index is 639. The van der Waals surface area contributed by atoms with Crippen LogP contribution >= 0.6 is 0 Å². The van der Waals surface area contributed by atoms with Crippen LogP contribution in [0.15, 0.2) is 0 Å². The molecule has 0 aromatic heterocycles. The van der Waals surface area contributed by atoms with E-state index in [4.69, 9.17) is 0 Å². The van der Waals surface area contributed by atoms with E-state index >= 15 is 0 Å². The van der Waals surface area contributed by atoms with Gasteiger partial charge in [-0.25, -0.2) is 0 Å². The normalized spacial score (nSPS) is 53.0. The van der Waals surface area contributed by atoms with E-state index in [1.165, 1.54) is 25.7 Å². The minimum Gasteiger partial charge on any atom is -0.390 e. The number of piperidine rings is 1. The zero-order valence-corrected chi connectivity index (χ0v) is 18.6. The Balaban J connectivity index is 1.72. The van der Waals surface area contributed by atoms with Crippen LogP contribution in [0, 0.1) is 39.9 Å². The van der Waals surface area contributed by atoms with Gasteiger partial charge in [0, 0.05) is 19.5 Å². The molecule has 3 heteroatoms. The fourth-order valence-corrected chi connectivity index (χ4v) is 9.37. The van der Waals surface area contributed by atoms with Crippen LogP contribution in [0.3, 0.4) is 0 Å². The molecule has 0 aromatic carbocycles. The average Bonchev–Trinajstić information content (AvgIpc) is 2.83. The number of likely N-dealkylation sites (tertiary alicyclic amines) is 1. The van der Waals surface area contributed by atoms with Crippen LogP contribution in [0.1, 0.15) is 86.5 Å². The first kappa shape index (κ1) is 19.7. The van der Waals surface area contributed by atoms with Crippen molar-refractivity contribution in [1.29, 1.82) is 0 Å². The van der Waals surface area contributed by atoms with Crippen molar-refractivity contribution < 1.29 is 9.90 Å². The van der Waals surface area contributed by atoms with E-state index < -0.39 is 5.60 Å². The Labute approximate surface area is 166 Å². The second-order valence-corrected chi connectivity index (χ2v) is 12.0. The maximum Gasteiger partial charge on any atom is 0.222 e. The smallest absolute Gasteiger partial charge is 0.222 e. The summed E-state index contributed by atoms with van der Waals surface area (Å²) in [7, 11) is 2.04. The third kappa shape index (κ3) is 2.39.